The molecule has 1 heterocycles. The topological polar surface area (TPSA) is 76.6 Å². The zero-order chi connectivity index (χ0) is 18.4. The Morgan fingerprint density at radius 2 is 1.62 bits per heavy atom. The lowest BCUT2D eigenvalue weighted by Crippen LogP contribution is -2.53. The lowest BCUT2D eigenvalue weighted by atomic mass is 9.94. The van der Waals surface area contributed by atoms with E-state index >= 15 is 0 Å². The molecular weight excluding hydrogens is 304 g/mol. The number of hydrogen-bond donors (Lipinski definition) is 4. The Labute approximate surface area is 147 Å². The smallest absolute Gasteiger partial charge is 0.317 e. The summed E-state index contributed by atoms with van der Waals surface area (Å²) in [6.07, 6.45) is 1.95. The van der Waals surface area contributed by atoms with Gasteiger partial charge in [-0.1, -0.05) is 0 Å². The van der Waals surface area contributed by atoms with Gasteiger partial charge >= 0.3 is 5.97 Å². The lowest BCUT2D eigenvalue weighted by molar-refractivity contribution is -0.139. The molecule has 0 aromatic rings. The van der Waals surface area contributed by atoms with Crippen LogP contribution in [0.4, 0.5) is 0 Å². The number of carbonyl (C=O) groups is 1. The molecule has 4 N–H and O–H groups in total. The van der Waals surface area contributed by atoms with Crippen LogP contribution in [0.2, 0.25) is 0 Å². The molecule has 0 bridgehead atoms. The highest BCUT2D eigenvalue weighted by Gasteiger charge is 2.27. The van der Waals surface area contributed by atoms with Crippen molar-refractivity contribution in [2.24, 2.45) is 0 Å². The van der Waals surface area contributed by atoms with Gasteiger partial charge in [-0.05, 0) is 54.4 Å². The number of carboxylic acids is 1. The van der Waals surface area contributed by atoms with Gasteiger partial charge in [0.1, 0.15) is 0 Å². The zero-order valence-electron chi connectivity index (χ0n) is 16.4. The molecule has 1 fully saturated rings. The summed E-state index contributed by atoms with van der Waals surface area (Å²) < 4.78 is 0. The Hall–Kier alpha value is -0.690. The number of aliphatic carboxylic acids is 1. The van der Waals surface area contributed by atoms with E-state index in [1.165, 1.54) is 0 Å². The van der Waals surface area contributed by atoms with Gasteiger partial charge in [-0.15, -0.1) is 0 Å². The van der Waals surface area contributed by atoms with Gasteiger partial charge in [0.25, 0.3) is 0 Å². The highest BCUT2D eigenvalue weighted by atomic mass is 16.4. The van der Waals surface area contributed by atoms with Crippen LogP contribution in [0.3, 0.4) is 0 Å². The van der Waals surface area contributed by atoms with Crippen LogP contribution in [-0.4, -0.2) is 71.9 Å². The minimum atomic E-state index is -0.759. The van der Waals surface area contributed by atoms with Gasteiger partial charge in [-0.25, -0.2) is 0 Å². The van der Waals surface area contributed by atoms with Crippen LogP contribution in [0.25, 0.3) is 0 Å². The second-order valence-electron chi connectivity index (χ2n) is 8.60. The standard InChI is InChI=1S/C18H38N4O2/c1-14-11-17(3,4)21-9-10-22(13-16(23)24)15(2)12-18(5,6)20-8-7-19-14/h14-15,19-21H,7-13H2,1-6H3,(H,23,24)/t14?,15-/m1/s1. The highest BCUT2D eigenvalue weighted by molar-refractivity contribution is 5.69. The molecule has 0 aromatic carbocycles. The number of carboxylic acid groups (broad SMARTS) is 1. The largest absolute Gasteiger partial charge is 0.480 e. The molecule has 0 aromatic heterocycles. The van der Waals surface area contributed by atoms with Crippen molar-refractivity contribution >= 4 is 5.97 Å². The van der Waals surface area contributed by atoms with Gasteiger partial charge < -0.3 is 21.1 Å². The maximum absolute atomic E-state index is 11.2. The summed E-state index contributed by atoms with van der Waals surface area (Å²) in [5.74, 6) is -0.759. The van der Waals surface area contributed by atoms with E-state index in [0.717, 1.165) is 39.0 Å². The van der Waals surface area contributed by atoms with Crippen molar-refractivity contribution in [3.63, 3.8) is 0 Å². The van der Waals surface area contributed by atoms with E-state index < -0.39 is 5.97 Å². The molecule has 6 nitrogen and oxygen atoms in total. The quantitative estimate of drug-likeness (QED) is 0.605. The summed E-state index contributed by atoms with van der Waals surface area (Å²) in [5.41, 5.74) is 0.0132. The van der Waals surface area contributed by atoms with Crippen molar-refractivity contribution in [2.75, 3.05) is 32.7 Å². The fourth-order valence-electron chi connectivity index (χ4n) is 3.74. The van der Waals surface area contributed by atoms with Crippen LogP contribution in [0.5, 0.6) is 0 Å². The first-order valence-corrected chi connectivity index (χ1v) is 9.20. The van der Waals surface area contributed by atoms with E-state index in [1.54, 1.807) is 0 Å². The number of nitrogens with one attached hydrogen (secondary N) is 3. The lowest BCUT2D eigenvalue weighted by Gasteiger charge is -2.37. The number of hydrogen-bond acceptors (Lipinski definition) is 5. The third kappa shape index (κ3) is 8.42. The average Bonchev–Trinajstić information content (AvgIpc) is 2.40. The summed E-state index contributed by atoms with van der Waals surface area (Å²) in [4.78, 5) is 13.3. The third-order valence-electron chi connectivity index (χ3n) is 4.81. The Kier molecular flexibility index (Phi) is 8.12. The molecule has 0 saturated carbocycles. The molecule has 0 radical (unpaired) electrons. The molecule has 6 heteroatoms. The van der Waals surface area contributed by atoms with Crippen molar-refractivity contribution < 1.29 is 9.90 Å². The first-order chi connectivity index (χ1) is 11.0. The van der Waals surface area contributed by atoms with Crippen LogP contribution < -0.4 is 16.0 Å². The molecule has 142 valence electrons. The Balaban J connectivity index is 2.81. The highest BCUT2D eigenvalue weighted by Crippen LogP contribution is 2.17. The Morgan fingerprint density at radius 1 is 1.04 bits per heavy atom. The first-order valence-electron chi connectivity index (χ1n) is 9.20. The molecule has 2 atom stereocenters. The second kappa shape index (κ2) is 9.13. The molecule has 1 aliphatic rings. The maximum atomic E-state index is 11.2. The molecule has 0 aliphatic carbocycles. The summed E-state index contributed by atoms with van der Waals surface area (Å²) in [6.45, 7) is 16.6. The van der Waals surface area contributed by atoms with Gasteiger partial charge in [-0.2, -0.15) is 0 Å². The van der Waals surface area contributed by atoms with Gasteiger partial charge in [0.05, 0.1) is 6.54 Å². The van der Waals surface area contributed by atoms with Gasteiger partial charge in [0.15, 0.2) is 0 Å². The van der Waals surface area contributed by atoms with Crippen LogP contribution in [0, 0.1) is 0 Å². The van der Waals surface area contributed by atoms with Crippen LogP contribution in [0.1, 0.15) is 54.4 Å². The van der Waals surface area contributed by atoms with E-state index in [2.05, 4.69) is 62.4 Å². The monoisotopic (exact) mass is 342 g/mol. The SMILES string of the molecule is CC1CC(C)(C)NCCN(CC(=O)O)[C@H](C)CC(C)(C)NCCN1. The van der Waals surface area contributed by atoms with Crippen LogP contribution >= 0.6 is 0 Å². The van der Waals surface area contributed by atoms with E-state index in [0.29, 0.717) is 6.04 Å². The third-order valence-corrected chi connectivity index (χ3v) is 4.81. The summed E-state index contributed by atoms with van der Waals surface area (Å²) in [5, 5.41) is 20.0. The fraction of sp³-hybridized carbons (Fsp3) is 0.944. The maximum Gasteiger partial charge on any atom is 0.317 e. The summed E-state index contributed by atoms with van der Waals surface area (Å²) in [7, 11) is 0. The van der Waals surface area contributed by atoms with E-state index in [-0.39, 0.29) is 23.7 Å². The van der Waals surface area contributed by atoms with Gasteiger partial charge in [-0.3, -0.25) is 9.69 Å². The summed E-state index contributed by atoms with van der Waals surface area (Å²) >= 11 is 0. The minimum Gasteiger partial charge on any atom is -0.480 e. The number of rotatable bonds is 2. The van der Waals surface area contributed by atoms with E-state index in [1.807, 2.05) is 0 Å². The van der Waals surface area contributed by atoms with E-state index in [4.69, 9.17) is 0 Å². The van der Waals surface area contributed by atoms with Gasteiger partial charge in [0.2, 0.25) is 0 Å². The predicted octanol–water partition coefficient (Wildman–Crippen LogP) is 1.27. The average molecular weight is 343 g/mol. The fourth-order valence-corrected chi connectivity index (χ4v) is 3.74. The van der Waals surface area contributed by atoms with Crippen molar-refractivity contribution in [2.45, 2.75) is 77.5 Å². The molecule has 0 spiro atoms. The summed E-state index contributed by atoms with van der Waals surface area (Å²) in [6, 6.07) is 0.651. The zero-order valence-corrected chi connectivity index (χ0v) is 16.4. The molecule has 24 heavy (non-hydrogen) atoms. The molecule has 1 saturated heterocycles. The molecule has 0 amide bonds. The molecular formula is C18H38N4O2. The van der Waals surface area contributed by atoms with Crippen molar-refractivity contribution in [3.05, 3.63) is 0 Å². The van der Waals surface area contributed by atoms with E-state index in [9.17, 15) is 9.90 Å². The predicted molar refractivity (Wildman–Crippen MR) is 99.5 cm³/mol. The minimum absolute atomic E-state index is 0.0160. The Morgan fingerprint density at radius 3 is 2.25 bits per heavy atom. The van der Waals surface area contributed by atoms with Crippen LogP contribution in [0.15, 0.2) is 0 Å². The number of nitrogens with zero attached hydrogens (tertiary/aromatic N) is 1. The first kappa shape index (κ1) is 21.4. The molecule has 1 unspecified atom stereocenters. The van der Waals surface area contributed by atoms with Crippen molar-refractivity contribution in [1.82, 2.24) is 20.9 Å². The normalized spacial score (nSPS) is 30.4. The van der Waals surface area contributed by atoms with Crippen molar-refractivity contribution in [1.29, 1.82) is 0 Å². The molecule has 1 rings (SSSR count). The van der Waals surface area contributed by atoms with Crippen molar-refractivity contribution in [3.8, 4) is 0 Å². The molecule has 1 aliphatic heterocycles. The van der Waals surface area contributed by atoms with Crippen LogP contribution in [-0.2, 0) is 4.79 Å². The van der Waals surface area contributed by atoms with Gasteiger partial charge in [0, 0.05) is 49.3 Å². The Bertz CT molecular complexity index is 398. The second-order valence-corrected chi connectivity index (χ2v) is 8.60.